The number of rotatable bonds is 4. The Morgan fingerprint density at radius 2 is 1.90 bits per heavy atom. The summed E-state index contributed by atoms with van der Waals surface area (Å²) in [7, 11) is 0. The Balaban J connectivity index is 1.76. The second-order valence-corrected chi connectivity index (χ2v) is 8.59. The van der Waals surface area contributed by atoms with E-state index in [1.165, 1.54) is 0 Å². The van der Waals surface area contributed by atoms with Gasteiger partial charge < -0.3 is 10.6 Å². The van der Waals surface area contributed by atoms with E-state index < -0.39 is 0 Å². The van der Waals surface area contributed by atoms with Gasteiger partial charge in [0.1, 0.15) is 5.82 Å². The van der Waals surface area contributed by atoms with Gasteiger partial charge in [-0.25, -0.2) is 4.98 Å². The third kappa shape index (κ3) is 3.92. The van der Waals surface area contributed by atoms with Crippen molar-refractivity contribution in [2.24, 2.45) is 0 Å². The first kappa shape index (κ1) is 20.4. The van der Waals surface area contributed by atoms with Crippen LogP contribution in [0, 0.1) is 6.92 Å². The van der Waals surface area contributed by atoms with Gasteiger partial charge in [-0.05, 0) is 62.3 Å². The maximum Gasteiger partial charge on any atom is 0.255 e. The Morgan fingerprint density at radius 1 is 1.13 bits per heavy atom. The zero-order chi connectivity index (χ0) is 21.3. The molecule has 0 fully saturated rings. The summed E-state index contributed by atoms with van der Waals surface area (Å²) in [5, 5.41) is 6.27. The van der Waals surface area contributed by atoms with E-state index in [2.05, 4.69) is 15.6 Å². The number of carbonyl (C=O) groups is 2. The lowest BCUT2D eigenvalue weighted by molar-refractivity contribution is -0.116. The third-order valence-electron chi connectivity index (χ3n) is 5.62. The summed E-state index contributed by atoms with van der Waals surface area (Å²) in [6.07, 6.45) is 5.94. The molecule has 2 N–H and O–H groups in total. The number of hydrogen-bond donors (Lipinski definition) is 2. The highest BCUT2D eigenvalue weighted by atomic mass is 32.2. The number of thioether (sulfide) groups is 1. The monoisotopic (exact) mass is 419 g/mol. The second kappa shape index (κ2) is 8.48. The van der Waals surface area contributed by atoms with Gasteiger partial charge in [-0.2, -0.15) is 0 Å². The number of Topliss-reactive ketones (excluding diaryl/α,β-unsaturated/α-hetero) is 1. The zero-order valence-electron chi connectivity index (χ0n) is 17.4. The molecule has 0 radical (unpaired) electrons. The molecule has 1 aromatic carbocycles. The van der Waals surface area contributed by atoms with Crippen molar-refractivity contribution in [2.45, 2.75) is 43.9 Å². The van der Waals surface area contributed by atoms with Gasteiger partial charge in [0.25, 0.3) is 5.91 Å². The molecule has 1 aliphatic carbocycles. The van der Waals surface area contributed by atoms with E-state index in [0.29, 0.717) is 17.8 Å². The molecule has 1 amide bonds. The van der Waals surface area contributed by atoms with E-state index in [-0.39, 0.29) is 17.6 Å². The molecule has 1 aliphatic heterocycles. The van der Waals surface area contributed by atoms with Crippen molar-refractivity contribution >= 4 is 29.3 Å². The van der Waals surface area contributed by atoms with Crippen LogP contribution < -0.4 is 10.6 Å². The van der Waals surface area contributed by atoms with Crippen LogP contribution in [0.15, 0.2) is 70.0 Å². The fourth-order valence-corrected chi connectivity index (χ4v) is 4.55. The van der Waals surface area contributed by atoms with E-state index in [1.54, 1.807) is 24.0 Å². The molecule has 0 spiro atoms. The van der Waals surface area contributed by atoms with Crippen molar-refractivity contribution in [1.82, 2.24) is 10.3 Å². The molecule has 0 unspecified atom stereocenters. The zero-order valence-corrected chi connectivity index (χ0v) is 18.2. The smallest absolute Gasteiger partial charge is 0.255 e. The maximum absolute atomic E-state index is 13.4. The highest BCUT2D eigenvalue weighted by molar-refractivity contribution is 7.98. The summed E-state index contributed by atoms with van der Waals surface area (Å²) in [5.41, 5.74) is 5.02. The van der Waals surface area contributed by atoms with Gasteiger partial charge in [0.2, 0.25) is 0 Å². The van der Waals surface area contributed by atoms with Gasteiger partial charge in [0.15, 0.2) is 5.78 Å². The molecule has 2 heterocycles. The van der Waals surface area contributed by atoms with E-state index in [0.717, 1.165) is 45.8 Å². The summed E-state index contributed by atoms with van der Waals surface area (Å²) < 4.78 is 0. The number of amides is 1. The Kier molecular flexibility index (Phi) is 5.77. The number of benzene rings is 1. The predicted molar refractivity (Wildman–Crippen MR) is 120 cm³/mol. The molecule has 1 aromatic heterocycles. The molecule has 2 aromatic rings. The van der Waals surface area contributed by atoms with Crippen LogP contribution in [0.25, 0.3) is 0 Å². The molecule has 0 saturated heterocycles. The molecular formula is C24H25N3O2S. The van der Waals surface area contributed by atoms with Crippen LogP contribution in [0.2, 0.25) is 0 Å². The molecule has 0 bridgehead atoms. The van der Waals surface area contributed by atoms with Crippen LogP contribution in [0.1, 0.15) is 43.2 Å². The number of aryl methyl sites for hydroxylation is 1. The van der Waals surface area contributed by atoms with E-state index in [4.69, 9.17) is 0 Å². The quantitative estimate of drug-likeness (QED) is 0.702. The number of carbonyl (C=O) groups excluding carboxylic acids is 2. The summed E-state index contributed by atoms with van der Waals surface area (Å²) >= 11 is 1.67. The normalized spacial score (nSPS) is 18.8. The van der Waals surface area contributed by atoms with Crippen molar-refractivity contribution in [3.05, 3.63) is 76.3 Å². The van der Waals surface area contributed by atoms with Gasteiger partial charge in [0, 0.05) is 46.0 Å². The first-order valence-electron chi connectivity index (χ1n) is 10.1. The highest BCUT2D eigenvalue weighted by Gasteiger charge is 2.38. The fourth-order valence-electron chi connectivity index (χ4n) is 4.14. The number of allylic oxidation sites excluding steroid dienone is 3. The van der Waals surface area contributed by atoms with Gasteiger partial charge >= 0.3 is 0 Å². The number of anilines is 1. The van der Waals surface area contributed by atoms with Crippen LogP contribution in [0.4, 0.5) is 5.82 Å². The van der Waals surface area contributed by atoms with Crippen molar-refractivity contribution < 1.29 is 9.59 Å². The summed E-state index contributed by atoms with van der Waals surface area (Å²) in [6, 6.07) is 11.8. The van der Waals surface area contributed by atoms with Crippen molar-refractivity contribution in [2.75, 3.05) is 11.6 Å². The Hall–Kier alpha value is -2.86. The topological polar surface area (TPSA) is 71.1 Å². The number of ketones is 1. The van der Waals surface area contributed by atoms with Crippen molar-refractivity contribution in [1.29, 1.82) is 0 Å². The molecule has 154 valence electrons. The minimum Gasteiger partial charge on any atom is -0.362 e. The maximum atomic E-state index is 13.4. The molecule has 4 rings (SSSR count). The van der Waals surface area contributed by atoms with E-state index in [1.807, 2.05) is 50.4 Å². The molecule has 30 heavy (non-hydrogen) atoms. The van der Waals surface area contributed by atoms with Gasteiger partial charge in [-0.15, -0.1) is 11.8 Å². The number of hydrogen-bond acceptors (Lipinski definition) is 5. The van der Waals surface area contributed by atoms with Gasteiger partial charge in [0.05, 0.1) is 0 Å². The van der Waals surface area contributed by atoms with Crippen LogP contribution in [0.5, 0.6) is 0 Å². The average Bonchev–Trinajstić information content (AvgIpc) is 2.74. The highest BCUT2D eigenvalue weighted by Crippen LogP contribution is 2.42. The lowest BCUT2D eigenvalue weighted by atomic mass is 9.75. The molecular weight excluding hydrogens is 394 g/mol. The van der Waals surface area contributed by atoms with Crippen molar-refractivity contribution in [3.63, 3.8) is 0 Å². The SMILES string of the molecule is CSc1ccc([C@H]2C(C(=O)Nc3ccc(C)cn3)=C(C)NC3=C2C(=O)CCC3)cc1. The van der Waals surface area contributed by atoms with Crippen LogP contribution in [-0.2, 0) is 9.59 Å². The first-order valence-corrected chi connectivity index (χ1v) is 11.3. The predicted octanol–water partition coefficient (Wildman–Crippen LogP) is 4.72. The summed E-state index contributed by atoms with van der Waals surface area (Å²) in [4.78, 5) is 31.7. The minimum atomic E-state index is -0.379. The van der Waals surface area contributed by atoms with Gasteiger partial charge in [-0.1, -0.05) is 18.2 Å². The standard InChI is InChI=1S/C24H25N3O2S/c1-14-7-12-20(25-13-14)27-24(29)21-15(2)26-18-5-4-6-19(28)23(18)22(21)16-8-10-17(30-3)11-9-16/h7-13,22,26H,4-6H2,1-3H3,(H,25,27,29)/t22-/m0/s1. The third-order valence-corrected chi connectivity index (χ3v) is 6.37. The van der Waals surface area contributed by atoms with Crippen LogP contribution in [0.3, 0.4) is 0 Å². The number of aromatic nitrogens is 1. The summed E-state index contributed by atoms with van der Waals surface area (Å²) in [5.74, 6) is 0.00158. The largest absolute Gasteiger partial charge is 0.362 e. The lowest BCUT2D eigenvalue weighted by Crippen LogP contribution is -2.35. The minimum absolute atomic E-state index is 0.119. The average molecular weight is 420 g/mol. The van der Waals surface area contributed by atoms with Crippen LogP contribution in [-0.4, -0.2) is 22.9 Å². The second-order valence-electron chi connectivity index (χ2n) is 7.71. The Morgan fingerprint density at radius 3 is 2.57 bits per heavy atom. The number of pyridine rings is 1. The number of dihydropyridines is 1. The molecule has 2 aliphatic rings. The molecule has 6 heteroatoms. The number of nitrogens with one attached hydrogen (secondary N) is 2. The fraction of sp³-hybridized carbons (Fsp3) is 0.292. The van der Waals surface area contributed by atoms with Gasteiger partial charge in [-0.3, -0.25) is 9.59 Å². The Labute approximate surface area is 181 Å². The molecule has 5 nitrogen and oxygen atoms in total. The Bertz CT molecular complexity index is 1050. The summed E-state index contributed by atoms with van der Waals surface area (Å²) in [6.45, 7) is 3.86. The van der Waals surface area contributed by atoms with E-state index in [9.17, 15) is 9.59 Å². The van der Waals surface area contributed by atoms with Crippen LogP contribution >= 0.6 is 11.8 Å². The lowest BCUT2D eigenvalue weighted by Gasteiger charge is -2.34. The van der Waals surface area contributed by atoms with E-state index >= 15 is 0 Å². The van der Waals surface area contributed by atoms with Crippen molar-refractivity contribution in [3.8, 4) is 0 Å². The molecule has 0 saturated carbocycles. The first-order chi connectivity index (χ1) is 14.5. The molecule has 1 atom stereocenters. The number of nitrogens with zero attached hydrogens (tertiary/aromatic N) is 1.